The fourth-order valence-corrected chi connectivity index (χ4v) is 5.09. The topological polar surface area (TPSA) is 33.4 Å². The SMILES string of the molecule is O=C(CN1Cc2cccn2Cc2ccccc21)CN1Cc2cccn2Cc2ccccc21. The van der Waals surface area contributed by atoms with Crippen molar-refractivity contribution in [3.05, 3.63) is 108 Å². The zero-order chi connectivity index (χ0) is 21.5. The molecule has 0 spiro atoms. The van der Waals surface area contributed by atoms with Crippen LogP contribution in [-0.4, -0.2) is 28.0 Å². The number of ketones is 1. The quantitative estimate of drug-likeness (QED) is 0.492. The van der Waals surface area contributed by atoms with Crippen molar-refractivity contribution in [3.63, 3.8) is 0 Å². The first-order valence-corrected chi connectivity index (χ1v) is 11.2. The number of aromatic nitrogens is 2. The number of carbonyl (C=O) groups excluding carboxylic acids is 1. The summed E-state index contributed by atoms with van der Waals surface area (Å²) in [5, 5.41) is 0. The molecule has 0 amide bonds. The third-order valence-electron chi connectivity index (χ3n) is 6.63. The molecule has 5 nitrogen and oxygen atoms in total. The van der Waals surface area contributed by atoms with Crippen molar-refractivity contribution in [1.82, 2.24) is 9.13 Å². The maximum absolute atomic E-state index is 13.4. The Morgan fingerprint density at radius 2 is 1.06 bits per heavy atom. The van der Waals surface area contributed by atoms with Gasteiger partial charge in [-0.25, -0.2) is 0 Å². The highest BCUT2D eigenvalue weighted by atomic mass is 16.1. The highest BCUT2D eigenvalue weighted by molar-refractivity contribution is 5.88. The maximum atomic E-state index is 13.4. The number of fused-ring (bicyclic) bond motifs is 4. The Hall–Kier alpha value is -3.73. The predicted octanol–water partition coefficient (Wildman–Crippen LogP) is 4.30. The van der Waals surface area contributed by atoms with Gasteiger partial charge in [-0.1, -0.05) is 36.4 Å². The van der Waals surface area contributed by atoms with Crippen LogP contribution in [0.5, 0.6) is 0 Å². The molecule has 0 bridgehead atoms. The molecule has 0 radical (unpaired) electrons. The Labute approximate surface area is 188 Å². The van der Waals surface area contributed by atoms with Gasteiger partial charge >= 0.3 is 0 Å². The number of benzene rings is 2. The Bertz CT molecular complexity index is 1190. The minimum Gasteiger partial charge on any atom is -0.358 e. The van der Waals surface area contributed by atoms with Crippen LogP contribution in [0.2, 0.25) is 0 Å². The van der Waals surface area contributed by atoms with Crippen LogP contribution in [0, 0.1) is 0 Å². The summed E-state index contributed by atoms with van der Waals surface area (Å²) in [5.74, 6) is 0.231. The van der Waals surface area contributed by atoms with Crippen LogP contribution in [0.15, 0.2) is 85.2 Å². The highest BCUT2D eigenvalue weighted by Gasteiger charge is 2.24. The van der Waals surface area contributed by atoms with Gasteiger partial charge in [-0.05, 0) is 47.5 Å². The van der Waals surface area contributed by atoms with Crippen molar-refractivity contribution in [3.8, 4) is 0 Å². The van der Waals surface area contributed by atoms with E-state index in [1.807, 2.05) is 0 Å². The summed E-state index contributed by atoms with van der Waals surface area (Å²) in [7, 11) is 0. The van der Waals surface area contributed by atoms with E-state index in [2.05, 4.69) is 104 Å². The maximum Gasteiger partial charge on any atom is 0.171 e. The van der Waals surface area contributed by atoms with E-state index in [-0.39, 0.29) is 5.78 Å². The number of carbonyl (C=O) groups is 1. The van der Waals surface area contributed by atoms with Crippen molar-refractivity contribution in [2.45, 2.75) is 26.2 Å². The van der Waals surface area contributed by atoms with Crippen LogP contribution in [0.4, 0.5) is 11.4 Å². The minimum atomic E-state index is 0.231. The molecular formula is C27H26N4O. The summed E-state index contributed by atoms with van der Waals surface area (Å²) in [6.45, 7) is 3.99. The Morgan fingerprint density at radius 3 is 1.56 bits per heavy atom. The van der Waals surface area contributed by atoms with Crippen molar-refractivity contribution in [2.75, 3.05) is 22.9 Å². The number of hydrogen-bond donors (Lipinski definition) is 0. The summed E-state index contributed by atoms with van der Waals surface area (Å²) in [6.07, 6.45) is 4.25. The zero-order valence-corrected chi connectivity index (χ0v) is 18.0. The molecule has 4 heterocycles. The van der Waals surface area contributed by atoms with Crippen LogP contribution < -0.4 is 9.80 Å². The van der Waals surface area contributed by atoms with Gasteiger partial charge in [-0.3, -0.25) is 4.79 Å². The molecule has 0 unspecified atom stereocenters. The second-order valence-electron chi connectivity index (χ2n) is 8.76. The minimum absolute atomic E-state index is 0.231. The lowest BCUT2D eigenvalue weighted by Crippen LogP contribution is -2.37. The average molecular weight is 423 g/mol. The summed E-state index contributed by atoms with van der Waals surface area (Å²) >= 11 is 0. The fraction of sp³-hybridized carbons (Fsp3) is 0.222. The molecule has 0 fully saturated rings. The molecule has 6 rings (SSSR count). The van der Waals surface area contributed by atoms with E-state index in [9.17, 15) is 4.79 Å². The number of Topliss-reactive ketones (excluding diaryl/α,β-unsaturated/α-hetero) is 1. The molecule has 32 heavy (non-hydrogen) atoms. The number of hydrogen-bond acceptors (Lipinski definition) is 3. The van der Waals surface area contributed by atoms with Gasteiger partial charge in [0.05, 0.1) is 26.2 Å². The molecule has 4 aromatic rings. The third-order valence-corrected chi connectivity index (χ3v) is 6.63. The van der Waals surface area contributed by atoms with Crippen molar-refractivity contribution in [1.29, 1.82) is 0 Å². The van der Waals surface area contributed by atoms with E-state index >= 15 is 0 Å². The van der Waals surface area contributed by atoms with Gasteiger partial charge in [0.1, 0.15) is 0 Å². The molecule has 0 saturated heterocycles. The van der Waals surface area contributed by atoms with Crippen LogP contribution >= 0.6 is 0 Å². The van der Waals surface area contributed by atoms with Crippen molar-refractivity contribution < 1.29 is 4.79 Å². The molecule has 160 valence electrons. The first-order valence-electron chi connectivity index (χ1n) is 11.2. The Balaban J connectivity index is 1.27. The fourth-order valence-electron chi connectivity index (χ4n) is 5.09. The van der Waals surface area contributed by atoms with E-state index in [0.717, 1.165) is 37.6 Å². The number of para-hydroxylation sites is 2. The van der Waals surface area contributed by atoms with Crippen LogP contribution in [0.3, 0.4) is 0 Å². The first-order chi connectivity index (χ1) is 15.7. The molecule has 0 atom stereocenters. The molecule has 2 aliphatic heterocycles. The molecule has 0 aliphatic carbocycles. The lowest BCUT2D eigenvalue weighted by Gasteiger charge is -2.27. The molecule has 0 N–H and O–H groups in total. The molecule has 0 saturated carbocycles. The van der Waals surface area contributed by atoms with Crippen LogP contribution in [-0.2, 0) is 31.0 Å². The molecule has 2 aromatic carbocycles. The van der Waals surface area contributed by atoms with Gasteiger partial charge < -0.3 is 18.9 Å². The summed E-state index contributed by atoms with van der Waals surface area (Å²) < 4.78 is 4.56. The normalized spacial score (nSPS) is 14.6. The number of nitrogens with zero attached hydrogens (tertiary/aromatic N) is 4. The monoisotopic (exact) mass is 422 g/mol. The summed E-state index contributed by atoms with van der Waals surface area (Å²) in [6, 6.07) is 25.4. The van der Waals surface area contributed by atoms with Crippen molar-refractivity contribution >= 4 is 17.2 Å². The van der Waals surface area contributed by atoms with E-state index in [0.29, 0.717) is 13.1 Å². The van der Waals surface area contributed by atoms with Gasteiger partial charge in [0, 0.05) is 48.2 Å². The second kappa shape index (κ2) is 7.75. The molecular weight excluding hydrogens is 396 g/mol. The van der Waals surface area contributed by atoms with Crippen LogP contribution in [0.25, 0.3) is 0 Å². The first kappa shape index (κ1) is 19.0. The van der Waals surface area contributed by atoms with E-state index < -0.39 is 0 Å². The number of anilines is 2. The average Bonchev–Trinajstić information content (AvgIpc) is 3.36. The smallest absolute Gasteiger partial charge is 0.171 e. The van der Waals surface area contributed by atoms with E-state index in [1.165, 1.54) is 22.5 Å². The summed E-state index contributed by atoms with van der Waals surface area (Å²) in [5.41, 5.74) is 7.32. The molecule has 5 heteroatoms. The van der Waals surface area contributed by atoms with E-state index in [4.69, 9.17) is 0 Å². The predicted molar refractivity (Wildman–Crippen MR) is 127 cm³/mol. The lowest BCUT2D eigenvalue weighted by atomic mass is 10.1. The van der Waals surface area contributed by atoms with Gasteiger partial charge in [-0.15, -0.1) is 0 Å². The van der Waals surface area contributed by atoms with Gasteiger partial charge in [0.25, 0.3) is 0 Å². The molecule has 2 aromatic heterocycles. The van der Waals surface area contributed by atoms with Gasteiger partial charge in [0.2, 0.25) is 0 Å². The molecule has 2 aliphatic rings. The van der Waals surface area contributed by atoms with Crippen LogP contribution in [0.1, 0.15) is 22.5 Å². The second-order valence-corrected chi connectivity index (χ2v) is 8.76. The van der Waals surface area contributed by atoms with Crippen molar-refractivity contribution in [2.24, 2.45) is 0 Å². The zero-order valence-electron chi connectivity index (χ0n) is 18.0. The lowest BCUT2D eigenvalue weighted by molar-refractivity contribution is -0.116. The third kappa shape index (κ3) is 3.40. The summed E-state index contributed by atoms with van der Waals surface area (Å²) in [4.78, 5) is 17.9. The Morgan fingerprint density at radius 1 is 0.594 bits per heavy atom. The standard InChI is InChI=1S/C27H26N4O/c32-25(19-30-17-23-9-5-13-28(23)15-21-7-1-3-11-26(21)30)20-31-18-24-10-6-14-29(24)16-22-8-2-4-12-27(22)31/h1-14H,15-20H2. The van der Waals surface area contributed by atoms with Gasteiger partial charge in [-0.2, -0.15) is 0 Å². The highest BCUT2D eigenvalue weighted by Crippen LogP contribution is 2.29. The van der Waals surface area contributed by atoms with E-state index in [1.54, 1.807) is 0 Å². The van der Waals surface area contributed by atoms with Gasteiger partial charge in [0.15, 0.2) is 5.78 Å². The number of rotatable bonds is 4. The Kier molecular flexibility index (Phi) is 4.60. The largest absolute Gasteiger partial charge is 0.358 e.